The van der Waals surface area contributed by atoms with Gasteiger partial charge in [0, 0.05) is 6.54 Å². The number of hydrogen-bond donors (Lipinski definition) is 2. The van der Waals surface area contributed by atoms with Crippen LogP contribution in [0.1, 0.15) is 11.1 Å². The summed E-state index contributed by atoms with van der Waals surface area (Å²) >= 11 is 11.9. The van der Waals surface area contributed by atoms with Crippen molar-refractivity contribution in [2.75, 3.05) is 4.72 Å². The van der Waals surface area contributed by atoms with Crippen molar-refractivity contribution < 1.29 is 8.42 Å². The average Bonchev–Trinajstić information content (AvgIpc) is 2.43. The number of benzene rings is 2. The Kier molecular flexibility index (Phi) is 5.11. The molecule has 7 heteroatoms. The molecule has 0 amide bonds. The third kappa shape index (κ3) is 4.35. The Hall–Kier alpha value is -1.27. The Labute approximate surface area is 133 Å². The highest BCUT2D eigenvalue weighted by Gasteiger charge is 2.15. The number of hydrogen-bond acceptors (Lipinski definition) is 3. The van der Waals surface area contributed by atoms with E-state index in [2.05, 4.69) is 4.72 Å². The minimum Gasteiger partial charge on any atom is -0.326 e. The van der Waals surface area contributed by atoms with Gasteiger partial charge in [-0.1, -0.05) is 53.5 Å². The third-order valence-corrected chi connectivity index (χ3v) is 4.69. The van der Waals surface area contributed by atoms with Crippen LogP contribution in [0.3, 0.4) is 0 Å². The van der Waals surface area contributed by atoms with Crippen LogP contribution in [0.4, 0.5) is 5.69 Å². The number of para-hydroxylation sites is 1. The maximum absolute atomic E-state index is 12.2. The summed E-state index contributed by atoms with van der Waals surface area (Å²) < 4.78 is 26.8. The highest BCUT2D eigenvalue weighted by atomic mass is 35.5. The second kappa shape index (κ2) is 6.66. The second-order valence-corrected chi connectivity index (χ2v) is 7.02. The molecule has 0 aliphatic heterocycles. The summed E-state index contributed by atoms with van der Waals surface area (Å²) in [5, 5.41) is 0.508. The zero-order chi connectivity index (χ0) is 15.5. The van der Waals surface area contributed by atoms with Gasteiger partial charge in [0.2, 0.25) is 10.0 Å². The molecular weight excluding hydrogens is 331 g/mol. The summed E-state index contributed by atoms with van der Waals surface area (Å²) in [4.78, 5) is 0. The van der Waals surface area contributed by atoms with Crippen LogP contribution in [0.5, 0.6) is 0 Å². The van der Waals surface area contributed by atoms with Crippen molar-refractivity contribution in [1.82, 2.24) is 0 Å². The van der Waals surface area contributed by atoms with Gasteiger partial charge in [0.05, 0.1) is 21.5 Å². The van der Waals surface area contributed by atoms with E-state index in [0.29, 0.717) is 12.1 Å². The Morgan fingerprint density at radius 2 is 1.48 bits per heavy atom. The van der Waals surface area contributed by atoms with E-state index in [1.54, 1.807) is 42.5 Å². The molecule has 112 valence electrons. The number of halogens is 2. The van der Waals surface area contributed by atoms with E-state index in [9.17, 15) is 8.42 Å². The molecule has 0 fully saturated rings. The van der Waals surface area contributed by atoms with E-state index in [1.807, 2.05) is 0 Å². The number of sulfonamides is 1. The predicted molar refractivity (Wildman–Crippen MR) is 87.0 cm³/mol. The molecule has 0 bridgehead atoms. The van der Waals surface area contributed by atoms with Gasteiger partial charge in [-0.3, -0.25) is 4.72 Å². The van der Waals surface area contributed by atoms with Gasteiger partial charge in [0.25, 0.3) is 0 Å². The molecule has 21 heavy (non-hydrogen) atoms. The maximum atomic E-state index is 12.2. The van der Waals surface area contributed by atoms with Crippen molar-refractivity contribution in [2.24, 2.45) is 5.73 Å². The topological polar surface area (TPSA) is 72.2 Å². The molecule has 2 rings (SSSR count). The van der Waals surface area contributed by atoms with Crippen molar-refractivity contribution in [2.45, 2.75) is 12.3 Å². The van der Waals surface area contributed by atoms with E-state index in [-0.39, 0.29) is 21.5 Å². The molecule has 0 radical (unpaired) electrons. The molecule has 3 N–H and O–H groups in total. The molecule has 0 heterocycles. The minimum atomic E-state index is -3.60. The van der Waals surface area contributed by atoms with Gasteiger partial charge in [-0.05, 0) is 23.3 Å². The SMILES string of the molecule is NCc1ccc(CS(=O)(=O)Nc2c(Cl)cccc2Cl)cc1. The number of anilines is 1. The van der Waals surface area contributed by atoms with Gasteiger partial charge in [-0.2, -0.15) is 0 Å². The lowest BCUT2D eigenvalue weighted by Crippen LogP contribution is -2.15. The van der Waals surface area contributed by atoms with Gasteiger partial charge in [0.15, 0.2) is 0 Å². The van der Waals surface area contributed by atoms with Crippen molar-refractivity contribution in [3.05, 3.63) is 63.6 Å². The lowest BCUT2D eigenvalue weighted by molar-refractivity contribution is 0.600. The molecule has 4 nitrogen and oxygen atoms in total. The van der Waals surface area contributed by atoms with E-state index in [1.165, 1.54) is 0 Å². The standard InChI is InChI=1S/C14H14Cl2N2O2S/c15-12-2-1-3-13(16)14(12)18-21(19,20)9-11-6-4-10(8-17)5-7-11/h1-7,18H,8-9,17H2. The first kappa shape index (κ1) is 16.1. The van der Waals surface area contributed by atoms with E-state index in [0.717, 1.165) is 5.56 Å². The average molecular weight is 345 g/mol. The zero-order valence-corrected chi connectivity index (χ0v) is 13.3. The Balaban J connectivity index is 2.18. The summed E-state index contributed by atoms with van der Waals surface area (Å²) in [6.45, 7) is 0.417. The van der Waals surface area contributed by atoms with Crippen LogP contribution in [0.25, 0.3) is 0 Å². The molecule has 0 spiro atoms. The summed E-state index contributed by atoms with van der Waals surface area (Å²) in [7, 11) is -3.60. The molecule has 0 saturated heterocycles. The first-order valence-electron chi connectivity index (χ1n) is 6.13. The van der Waals surface area contributed by atoms with Crippen LogP contribution in [0.2, 0.25) is 10.0 Å². The summed E-state index contributed by atoms with van der Waals surface area (Å²) in [6.07, 6.45) is 0. The summed E-state index contributed by atoms with van der Waals surface area (Å²) in [5.74, 6) is -0.167. The lowest BCUT2D eigenvalue weighted by Gasteiger charge is -2.11. The molecule has 0 atom stereocenters. The normalized spacial score (nSPS) is 11.4. The smallest absolute Gasteiger partial charge is 0.237 e. The van der Waals surface area contributed by atoms with Crippen LogP contribution in [-0.4, -0.2) is 8.42 Å². The fraction of sp³-hybridized carbons (Fsp3) is 0.143. The van der Waals surface area contributed by atoms with Crippen LogP contribution in [-0.2, 0) is 22.3 Å². The van der Waals surface area contributed by atoms with Gasteiger partial charge in [-0.15, -0.1) is 0 Å². The molecule has 0 aliphatic rings. The van der Waals surface area contributed by atoms with Crippen molar-refractivity contribution in [3.63, 3.8) is 0 Å². The molecule has 2 aromatic carbocycles. The van der Waals surface area contributed by atoms with Crippen LogP contribution in [0, 0.1) is 0 Å². The zero-order valence-electron chi connectivity index (χ0n) is 11.0. The first-order valence-corrected chi connectivity index (χ1v) is 8.54. The number of nitrogens with one attached hydrogen (secondary N) is 1. The maximum Gasteiger partial charge on any atom is 0.237 e. The van der Waals surface area contributed by atoms with Gasteiger partial charge >= 0.3 is 0 Å². The molecule has 2 aromatic rings. The fourth-order valence-corrected chi connectivity index (χ4v) is 3.62. The van der Waals surface area contributed by atoms with Crippen molar-refractivity contribution in [1.29, 1.82) is 0 Å². The van der Waals surface area contributed by atoms with Gasteiger partial charge in [0.1, 0.15) is 0 Å². The molecule has 0 aromatic heterocycles. The van der Waals surface area contributed by atoms with E-state index in [4.69, 9.17) is 28.9 Å². The highest BCUT2D eigenvalue weighted by Crippen LogP contribution is 2.31. The summed E-state index contributed by atoms with van der Waals surface area (Å²) in [5.41, 5.74) is 7.29. The molecular formula is C14H14Cl2N2O2S. The Morgan fingerprint density at radius 1 is 0.952 bits per heavy atom. The third-order valence-electron chi connectivity index (χ3n) is 2.84. The van der Waals surface area contributed by atoms with Gasteiger partial charge in [-0.25, -0.2) is 8.42 Å². The number of rotatable bonds is 5. The lowest BCUT2D eigenvalue weighted by atomic mass is 10.1. The van der Waals surface area contributed by atoms with Gasteiger partial charge < -0.3 is 5.73 Å². The van der Waals surface area contributed by atoms with Crippen molar-refractivity contribution >= 4 is 38.9 Å². The van der Waals surface area contributed by atoms with Crippen molar-refractivity contribution in [3.8, 4) is 0 Å². The summed E-state index contributed by atoms with van der Waals surface area (Å²) in [6, 6.07) is 11.8. The predicted octanol–water partition coefficient (Wildman–Crippen LogP) is 3.39. The highest BCUT2D eigenvalue weighted by molar-refractivity contribution is 7.91. The first-order chi connectivity index (χ1) is 9.91. The van der Waals surface area contributed by atoms with Crippen LogP contribution < -0.4 is 10.5 Å². The Bertz CT molecular complexity index is 711. The molecule has 0 aliphatic carbocycles. The second-order valence-electron chi connectivity index (χ2n) is 4.48. The molecule has 0 saturated carbocycles. The van der Waals surface area contributed by atoms with Crippen LogP contribution in [0.15, 0.2) is 42.5 Å². The largest absolute Gasteiger partial charge is 0.326 e. The Morgan fingerprint density at radius 3 is 2.00 bits per heavy atom. The number of nitrogens with two attached hydrogens (primary N) is 1. The fourth-order valence-electron chi connectivity index (χ4n) is 1.78. The monoisotopic (exact) mass is 344 g/mol. The minimum absolute atomic E-state index is 0.167. The quantitative estimate of drug-likeness (QED) is 0.872. The van der Waals surface area contributed by atoms with Crippen LogP contribution >= 0.6 is 23.2 Å². The van der Waals surface area contributed by atoms with E-state index >= 15 is 0 Å². The van der Waals surface area contributed by atoms with E-state index < -0.39 is 10.0 Å². The molecule has 0 unspecified atom stereocenters.